The van der Waals surface area contributed by atoms with E-state index in [2.05, 4.69) is 4.72 Å². The maximum absolute atomic E-state index is 13.4. The van der Waals surface area contributed by atoms with Gasteiger partial charge in [-0.25, -0.2) is 17.3 Å². The van der Waals surface area contributed by atoms with Crippen molar-refractivity contribution in [1.29, 1.82) is 0 Å². The summed E-state index contributed by atoms with van der Waals surface area (Å²) >= 11 is 0. The van der Waals surface area contributed by atoms with E-state index in [1.807, 2.05) is 39.8 Å². The number of aryl methyl sites for hydroxylation is 1. The van der Waals surface area contributed by atoms with Crippen molar-refractivity contribution in [3.8, 4) is 0 Å². The minimum Gasteiger partial charge on any atom is -0.242 e. The first-order valence-corrected chi connectivity index (χ1v) is 11.9. The first-order chi connectivity index (χ1) is 12.0. The molecule has 0 radical (unpaired) electrons. The molecule has 0 bridgehead atoms. The molecule has 0 amide bonds. The molecule has 1 saturated carbocycles. The summed E-state index contributed by atoms with van der Waals surface area (Å²) in [6, 6.07) is 6.99. The van der Waals surface area contributed by atoms with E-state index in [4.69, 9.17) is 0 Å². The summed E-state index contributed by atoms with van der Waals surface area (Å²) in [6.07, 6.45) is 4.62. The normalized spacial score (nSPS) is 25.0. The van der Waals surface area contributed by atoms with Crippen LogP contribution in [0.4, 0.5) is 0 Å². The molecule has 1 spiro atoms. The van der Waals surface area contributed by atoms with Gasteiger partial charge in [0, 0.05) is 18.1 Å². The Hall–Kier alpha value is -0.760. The van der Waals surface area contributed by atoms with Gasteiger partial charge in [-0.15, -0.1) is 0 Å². The summed E-state index contributed by atoms with van der Waals surface area (Å²) in [4.78, 5) is 0.354. The van der Waals surface area contributed by atoms with E-state index in [-0.39, 0.29) is 16.3 Å². The van der Waals surface area contributed by atoms with Gasteiger partial charge in [0.2, 0.25) is 10.0 Å². The third-order valence-corrected chi connectivity index (χ3v) is 9.24. The van der Waals surface area contributed by atoms with Crippen molar-refractivity contribution >= 4 is 21.0 Å². The second-order valence-electron chi connectivity index (χ2n) is 8.66. The van der Waals surface area contributed by atoms with E-state index in [0.717, 1.165) is 37.7 Å². The Labute approximate surface area is 160 Å². The molecule has 1 N–H and O–H groups in total. The smallest absolute Gasteiger partial charge is 0.242 e. The Morgan fingerprint density at radius 1 is 1.15 bits per heavy atom. The average Bonchev–Trinajstić information content (AvgIpc) is 2.53. The topological polar surface area (TPSA) is 66.5 Å². The molecular formula is C19H30N2O3S2. The number of benzene rings is 1. The van der Waals surface area contributed by atoms with Crippen LogP contribution in [0.2, 0.25) is 0 Å². The highest BCUT2D eigenvalue weighted by molar-refractivity contribution is 7.89. The van der Waals surface area contributed by atoms with Crippen LogP contribution in [0.5, 0.6) is 0 Å². The van der Waals surface area contributed by atoms with Crippen molar-refractivity contribution in [2.75, 3.05) is 6.54 Å². The monoisotopic (exact) mass is 398 g/mol. The average molecular weight is 399 g/mol. The first kappa shape index (κ1) is 20.0. The van der Waals surface area contributed by atoms with Crippen LogP contribution in [0, 0.1) is 6.92 Å². The summed E-state index contributed by atoms with van der Waals surface area (Å²) in [5.74, 6) is 0. The molecule has 1 aromatic carbocycles. The van der Waals surface area contributed by atoms with Gasteiger partial charge in [0.05, 0.1) is 20.6 Å². The fourth-order valence-corrected chi connectivity index (χ4v) is 6.50. The summed E-state index contributed by atoms with van der Waals surface area (Å²) < 4.78 is 43.7. The maximum atomic E-state index is 13.4. The zero-order valence-electron chi connectivity index (χ0n) is 16.1. The molecule has 1 aromatic rings. The van der Waals surface area contributed by atoms with E-state index in [0.29, 0.717) is 11.4 Å². The van der Waals surface area contributed by atoms with Crippen LogP contribution in [0.25, 0.3) is 0 Å². The minimum absolute atomic E-state index is 0.0819. The predicted molar refractivity (Wildman–Crippen MR) is 106 cm³/mol. The van der Waals surface area contributed by atoms with Crippen LogP contribution in [-0.4, -0.2) is 39.8 Å². The molecule has 2 atom stereocenters. The number of nitrogens with zero attached hydrogens (tertiary/aromatic N) is 1. The minimum atomic E-state index is -3.56. The lowest BCUT2D eigenvalue weighted by Crippen LogP contribution is -2.63. The number of nitrogens with one attached hydrogen (secondary N) is 1. The molecule has 5 nitrogen and oxygen atoms in total. The van der Waals surface area contributed by atoms with Crippen LogP contribution < -0.4 is 4.72 Å². The third kappa shape index (κ3) is 3.77. The van der Waals surface area contributed by atoms with Gasteiger partial charge >= 0.3 is 0 Å². The van der Waals surface area contributed by atoms with Crippen molar-refractivity contribution in [3.05, 3.63) is 29.8 Å². The Morgan fingerprint density at radius 2 is 1.77 bits per heavy atom. The highest BCUT2D eigenvalue weighted by Gasteiger charge is 2.51. The molecule has 7 heteroatoms. The fourth-order valence-electron chi connectivity index (χ4n) is 3.75. The third-order valence-electron chi connectivity index (χ3n) is 5.60. The molecule has 1 saturated heterocycles. The number of sulfonamides is 1. The number of rotatable bonds is 4. The number of piperidine rings is 1. The fraction of sp³-hybridized carbons (Fsp3) is 0.684. The van der Waals surface area contributed by atoms with Gasteiger partial charge in [-0.05, 0) is 71.9 Å². The van der Waals surface area contributed by atoms with E-state index in [9.17, 15) is 12.6 Å². The highest BCUT2D eigenvalue weighted by Crippen LogP contribution is 2.47. The van der Waals surface area contributed by atoms with Gasteiger partial charge < -0.3 is 0 Å². The van der Waals surface area contributed by atoms with Crippen LogP contribution in [0.15, 0.2) is 29.2 Å². The Bertz CT molecular complexity index is 778. The van der Waals surface area contributed by atoms with Gasteiger partial charge in [0.1, 0.15) is 0 Å². The van der Waals surface area contributed by atoms with Gasteiger partial charge in [-0.2, -0.15) is 4.31 Å². The summed E-state index contributed by atoms with van der Waals surface area (Å²) in [5, 5.41) is 0. The molecule has 2 aliphatic rings. The predicted octanol–water partition coefficient (Wildman–Crippen LogP) is 3.12. The first-order valence-electron chi connectivity index (χ1n) is 9.32. The Balaban J connectivity index is 1.86. The lowest BCUT2D eigenvalue weighted by molar-refractivity contribution is 0.0399. The maximum Gasteiger partial charge on any atom is 0.243 e. The van der Waals surface area contributed by atoms with Gasteiger partial charge in [0.25, 0.3) is 0 Å². The van der Waals surface area contributed by atoms with Crippen molar-refractivity contribution in [2.24, 2.45) is 0 Å². The van der Waals surface area contributed by atoms with Crippen LogP contribution in [-0.2, 0) is 21.0 Å². The van der Waals surface area contributed by atoms with Crippen LogP contribution >= 0.6 is 0 Å². The SMILES string of the molecule is Cc1ccc(S(=O)(=O)N2CC(N[S@](=O)C(C)(C)C)CCC23CCC3)cc1. The molecule has 146 valence electrons. The lowest BCUT2D eigenvalue weighted by Gasteiger charge is -2.53. The molecule has 1 aliphatic carbocycles. The van der Waals surface area contributed by atoms with Crippen LogP contribution in [0.3, 0.4) is 0 Å². The molecular weight excluding hydrogens is 368 g/mol. The molecule has 0 aromatic heterocycles. The van der Waals surface area contributed by atoms with E-state index >= 15 is 0 Å². The van der Waals surface area contributed by atoms with Gasteiger partial charge in [-0.1, -0.05) is 17.7 Å². The van der Waals surface area contributed by atoms with Crippen molar-refractivity contribution in [3.63, 3.8) is 0 Å². The molecule has 3 rings (SSSR count). The number of hydrogen-bond acceptors (Lipinski definition) is 3. The second-order valence-corrected chi connectivity index (χ2v) is 12.5. The second kappa shape index (κ2) is 7.00. The largest absolute Gasteiger partial charge is 0.243 e. The lowest BCUT2D eigenvalue weighted by atomic mass is 9.71. The zero-order valence-corrected chi connectivity index (χ0v) is 17.8. The summed E-state index contributed by atoms with van der Waals surface area (Å²) in [5.41, 5.74) is 0.798. The van der Waals surface area contributed by atoms with Gasteiger partial charge in [-0.3, -0.25) is 0 Å². The van der Waals surface area contributed by atoms with Crippen molar-refractivity contribution in [1.82, 2.24) is 9.03 Å². The molecule has 1 aliphatic heterocycles. The van der Waals surface area contributed by atoms with Gasteiger partial charge in [0.15, 0.2) is 0 Å². The molecule has 2 fully saturated rings. The van der Waals surface area contributed by atoms with E-state index in [1.54, 1.807) is 16.4 Å². The quantitative estimate of drug-likeness (QED) is 0.847. The number of hydrogen-bond donors (Lipinski definition) is 1. The van der Waals surface area contributed by atoms with Crippen molar-refractivity contribution < 1.29 is 12.6 Å². The van der Waals surface area contributed by atoms with Crippen molar-refractivity contribution in [2.45, 2.75) is 81.0 Å². The van der Waals surface area contributed by atoms with E-state index < -0.39 is 21.0 Å². The molecule has 1 heterocycles. The summed E-state index contributed by atoms with van der Waals surface area (Å²) in [7, 11) is -4.76. The molecule has 26 heavy (non-hydrogen) atoms. The highest BCUT2D eigenvalue weighted by atomic mass is 32.2. The van der Waals surface area contributed by atoms with Crippen LogP contribution in [0.1, 0.15) is 58.4 Å². The molecule has 1 unspecified atom stereocenters. The Morgan fingerprint density at radius 3 is 2.27 bits per heavy atom. The zero-order chi connectivity index (χ0) is 19.2. The summed E-state index contributed by atoms with van der Waals surface area (Å²) in [6.45, 7) is 8.11. The van der Waals surface area contributed by atoms with E-state index in [1.165, 1.54) is 0 Å². The standard InChI is InChI=1S/C19H30N2O3S2/c1-15-6-8-17(9-7-15)26(23,24)21-14-16(20-25(22)18(2,3)4)10-13-19(21)11-5-12-19/h6-9,16,20H,5,10-14H2,1-4H3/t16?,25-/m1/s1. The Kier molecular flexibility index (Phi) is 5.38.